The van der Waals surface area contributed by atoms with Gasteiger partial charge >= 0.3 is 6.03 Å². The van der Waals surface area contributed by atoms with E-state index >= 15 is 0 Å². The molecule has 0 saturated heterocycles. The molecular weight excluding hydrogens is 170 g/mol. The summed E-state index contributed by atoms with van der Waals surface area (Å²) >= 11 is 0. The maximum Gasteiger partial charge on any atom is 0.360 e. The van der Waals surface area contributed by atoms with Crippen LogP contribution in [0.2, 0.25) is 0 Å². The van der Waals surface area contributed by atoms with Gasteiger partial charge in [-0.15, -0.1) is 5.10 Å². The molecule has 0 aromatic heterocycles. The van der Waals surface area contributed by atoms with Gasteiger partial charge in [-0.2, -0.15) is 0 Å². The van der Waals surface area contributed by atoms with Crippen molar-refractivity contribution in [2.24, 2.45) is 10.8 Å². The second-order valence-electron chi connectivity index (χ2n) is 2.28. The van der Waals surface area contributed by atoms with Gasteiger partial charge in [0.15, 0.2) is 0 Å². The average Bonchev–Trinajstić information content (AvgIpc) is 2.15. The fourth-order valence-electron chi connectivity index (χ4n) is 0.717. The summed E-state index contributed by atoms with van der Waals surface area (Å²) in [6, 6.07) is 8.01. The summed E-state index contributed by atoms with van der Waals surface area (Å²) in [6.45, 7) is 0. The van der Waals surface area contributed by atoms with E-state index in [0.29, 0.717) is 0 Å². The van der Waals surface area contributed by atoms with E-state index in [1.54, 1.807) is 12.1 Å². The van der Waals surface area contributed by atoms with Crippen LogP contribution < -0.4 is 5.73 Å². The first-order valence-electron chi connectivity index (χ1n) is 3.57. The maximum absolute atomic E-state index is 10.3. The number of benzene rings is 1. The number of amides is 2. The molecule has 1 rings (SSSR count). The molecule has 0 spiro atoms. The number of hydroxylamine groups is 1. The number of hydrogen-bond donors (Lipinski definition) is 2. The zero-order chi connectivity index (χ0) is 9.68. The van der Waals surface area contributed by atoms with Gasteiger partial charge in [-0.1, -0.05) is 35.5 Å². The van der Waals surface area contributed by atoms with Crippen LogP contribution >= 0.6 is 0 Å². The number of hydrazone groups is 1. The van der Waals surface area contributed by atoms with Crippen LogP contribution in [0.25, 0.3) is 0 Å². The van der Waals surface area contributed by atoms with Gasteiger partial charge in [-0.25, -0.2) is 4.79 Å². The van der Waals surface area contributed by atoms with Crippen LogP contribution in [0.3, 0.4) is 0 Å². The molecule has 0 aliphatic heterocycles. The standard InChI is InChI=1S/C8H9N3O2/c9-8(12)11(13)10-6-7-4-2-1-3-5-7/h1-6,13H,(H2,9,12). The first kappa shape index (κ1) is 9.21. The lowest BCUT2D eigenvalue weighted by Crippen LogP contribution is -2.27. The molecule has 0 fully saturated rings. The molecular formula is C8H9N3O2. The van der Waals surface area contributed by atoms with Crippen molar-refractivity contribution in [2.75, 3.05) is 0 Å². The molecule has 13 heavy (non-hydrogen) atoms. The zero-order valence-corrected chi connectivity index (χ0v) is 6.79. The van der Waals surface area contributed by atoms with Crippen molar-refractivity contribution in [3.05, 3.63) is 35.9 Å². The highest BCUT2D eigenvalue weighted by molar-refractivity contribution is 5.80. The molecule has 1 aromatic rings. The molecule has 5 heteroatoms. The number of carbonyl (C=O) groups excluding carboxylic acids is 1. The van der Waals surface area contributed by atoms with Gasteiger partial charge in [0.1, 0.15) is 0 Å². The van der Waals surface area contributed by atoms with Crippen molar-refractivity contribution in [2.45, 2.75) is 0 Å². The lowest BCUT2D eigenvalue weighted by molar-refractivity contribution is -0.0368. The third-order valence-corrected chi connectivity index (χ3v) is 1.31. The normalized spacial score (nSPS) is 10.2. The minimum absolute atomic E-state index is 0.0764. The number of nitrogens with zero attached hydrogens (tertiary/aromatic N) is 2. The zero-order valence-electron chi connectivity index (χ0n) is 6.79. The van der Waals surface area contributed by atoms with E-state index in [0.717, 1.165) is 5.56 Å². The largest absolute Gasteiger partial charge is 0.360 e. The average molecular weight is 179 g/mol. The molecule has 0 heterocycles. The Morgan fingerprint density at radius 2 is 2.08 bits per heavy atom. The second-order valence-corrected chi connectivity index (χ2v) is 2.28. The van der Waals surface area contributed by atoms with Crippen molar-refractivity contribution in [3.63, 3.8) is 0 Å². The predicted molar refractivity (Wildman–Crippen MR) is 47.2 cm³/mol. The Balaban J connectivity index is 2.64. The summed E-state index contributed by atoms with van der Waals surface area (Å²) in [5, 5.41) is 12.2. The quantitative estimate of drug-likeness (QED) is 0.400. The SMILES string of the molecule is NC(=O)N(O)N=Cc1ccccc1. The van der Waals surface area contributed by atoms with Gasteiger partial charge in [0, 0.05) is 0 Å². The molecule has 0 saturated carbocycles. The summed E-state index contributed by atoms with van der Waals surface area (Å²) in [4.78, 5) is 10.3. The number of nitrogens with two attached hydrogens (primary N) is 1. The Morgan fingerprint density at radius 3 is 2.62 bits per heavy atom. The Hall–Kier alpha value is -1.88. The van der Waals surface area contributed by atoms with Crippen LogP contribution in [-0.2, 0) is 0 Å². The molecule has 0 unspecified atom stereocenters. The smallest absolute Gasteiger partial charge is 0.348 e. The molecule has 68 valence electrons. The number of primary amides is 1. The van der Waals surface area contributed by atoms with E-state index in [9.17, 15) is 4.79 Å². The first-order chi connectivity index (χ1) is 6.20. The highest BCUT2D eigenvalue weighted by Gasteiger charge is 1.99. The summed E-state index contributed by atoms with van der Waals surface area (Å²) in [6.07, 6.45) is 1.32. The van der Waals surface area contributed by atoms with Crippen LogP contribution in [0.5, 0.6) is 0 Å². The Morgan fingerprint density at radius 1 is 1.46 bits per heavy atom. The highest BCUT2D eigenvalue weighted by atomic mass is 16.5. The van der Waals surface area contributed by atoms with Crippen molar-refractivity contribution >= 4 is 12.2 Å². The molecule has 3 N–H and O–H groups in total. The second kappa shape index (κ2) is 4.22. The Labute approximate surface area is 75.0 Å². The number of hydrogen-bond acceptors (Lipinski definition) is 3. The van der Waals surface area contributed by atoms with Gasteiger partial charge in [-0.3, -0.25) is 5.21 Å². The number of rotatable bonds is 2. The molecule has 0 bridgehead atoms. The number of carbonyl (C=O) groups is 1. The highest BCUT2D eigenvalue weighted by Crippen LogP contribution is 1.94. The van der Waals surface area contributed by atoms with Crippen molar-refractivity contribution in [1.29, 1.82) is 0 Å². The lowest BCUT2D eigenvalue weighted by atomic mass is 10.2. The Bertz CT molecular complexity index is 310. The summed E-state index contributed by atoms with van der Waals surface area (Å²) < 4.78 is 0. The molecule has 5 nitrogen and oxygen atoms in total. The van der Waals surface area contributed by atoms with Gasteiger partial charge in [-0.05, 0) is 5.56 Å². The van der Waals surface area contributed by atoms with Gasteiger partial charge in [0.25, 0.3) is 0 Å². The predicted octanol–water partition coefficient (Wildman–Crippen LogP) is 0.790. The van der Waals surface area contributed by atoms with Gasteiger partial charge in [0.2, 0.25) is 0 Å². The fraction of sp³-hybridized carbons (Fsp3) is 0. The maximum atomic E-state index is 10.3. The minimum atomic E-state index is -1.02. The van der Waals surface area contributed by atoms with E-state index in [1.807, 2.05) is 18.2 Å². The van der Waals surface area contributed by atoms with Crippen LogP contribution in [0.1, 0.15) is 5.56 Å². The summed E-state index contributed by atoms with van der Waals surface area (Å²) in [5.74, 6) is 0. The van der Waals surface area contributed by atoms with Crippen molar-refractivity contribution in [1.82, 2.24) is 5.17 Å². The van der Waals surface area contributed by atoms with E-state index in [2.05, 4.69) is 5.10 Å². The van der Waals surface area contributed by atoms with E-state index in [-0.39, 0.29) is 5.17 Å². The van der Waals surface area contributed by atoms with Crippen LogP contribution in [0.4, 0.5) is 4.79 Å². The summed E-state index contributed by atoms with van der Waals surface area (Å²) in [5.41, 5.74) is 5.49. The van der Waals surface area contributed by atoms with Gasteiger partial charge in [0.05, 0.1) is 6.21 Å². The van der Waals surface area contributed by atoms with Crippen LogP contribution in [-0.4, -0.2) is 22.6 Å². The molecule has 0 atom stereocenters. The Kier molecular flexibility index (Phi) is 2.99. The lowest BCUT2D eigenvalue weighted by Gasteiger charge is -2.02. The van der Waals surface area contributed by atoms with E-state index < -0.39 is 6.03 Å². The van der Waals surface area contributed by atoms with Gasteiger partial charge < -0.3 is 5.73 Å². The molecule has 0 aliphatic rings. The molecule has 2 amide bonds. The van der Waals surface area contributed by atoms with Crippen molar-refractivity contribution < 1.29 is 10.0 Å². The third kappa shape index (κ3) is 2.92. The monoisotopic (exact) mass is 179 g/mol. The molecule has 1 aromatic carbocycles. The fourth-order valence-corrected chi connectivity index (χ4v) is 0.717. The van der Waals surface area contributed by atoms with Crippen LogP contribution in [0, 0.1) is 0 Å². The molecule has 0 radical (unpaired) electrons. The molecule has 0 aliphatic carbocycles. The third-order valence-electron chi connectivity index (χ3n) is 1.31. The van der Waals surface area contributed by atoms with Crippen molar-refractivity contribution in [3.8, 4) is 0 Å². The van der Waals surface area contributed by atoms with E-state index in [4.69, 9.17) is 10.9 Å². The van der Waals surface area contributed by atoms with Crippen LogP contribution in [0.15, 0.2) is 35.4 Å². The number of urea groups is 1. The van der Waals surface area contributed by atoms with E-state index in [1.165, 1.54) is 6.21 Å². The topological polar surface area (TPSA) is 78.9 Å². The summed E-state index contributed by atoms with van der Waals surface area (Å²) in [7, 11) is 0. The first-order valence-corrected chi connectivity index (χ1v) is 3.57. The minimum Gasteiger partial charge on any atom is -0.348 e.